The number of nitrogens with zero attached hydrogens (tertiary/aromatic N) is 4. The van der Waals surface area contributed by atoms with Gasteiger partial charge < -0.3 is 9.64 Å². The molecule has 7 heteroatoms. The van der Waals surface area contributed by atoms with Crippen LogP contribution in [-0.4, -0.2) is 26.2 Å². The lowest BCUT2D eigenvalue weighted by atomic mass is 9.93. The highest BCUT2D eigenvalue weighted by atomic mass is 79.9. The van der Waals surface area contributed by atoms with Crippen LogP contribution in [0.3, 0.4) is 0 Å². The molecule has 6 nitrogen and oxygen atoms in total. The molecule has 2 rings (SSSR count). The Labute approximate surface area is 143 Å². The second kappa shape index (κ2) is 8.04. The molecule has 1 fully saturated rings. The molecule has 1 aromatic rings. The van der Waals surface area contributed by atoms with Crippen LogP contribution in [0.2, 0.25) is 0 Å². The molecule has 23 heavy (non-hydrogen) atoms. The summed E-state index contributed by atoms with van der Waals surface area (Å²) in [6.45, 7) is 5.57. The fourth-order valence-electron chi connectivity index (χ4n) is 2.84. The number of azide groups is 1. The highest BCUT2D eigenvalue weighted by Gasteiger charge is 2.22. The highest BCUT2D eigenvalue weighted by molar-refractivity contribution is 9.10. The minimum Gasteiger partial charge on any atom is -0.465 e. The molecule has 1 heterocycles. The average Bonchev–Trinajstić information content (AvgIpc) is 2.56. The first kappa shape index (κ1) is 17.4. The SMILES string of the molecule is C=CCC1CCN(c2cc(Br)c(C(=O)OC)cc2N=[N+]=[N-])CC1. The van der Waals surface area contributed by atoms with Crippen LogP contribution in [0.15, 0.2) is 34.4 Å². The van der Waals surface area contributed by atoms with E-state index in [-0.39, 0.29) is 0 Å². The van der Waals surface area contributed by atoms with Crippen LogP contribution in [0.1, 0.15) is 29.6 Å². The van der Waals surface area contributed by atoms with E-state index < -0.39 is 5.97 Å². The summed E-state index contributed by atoms with van der Waals surface area (Å²) < 4.78 is 5.38. The zero-order valence-corrected chi connectivity index (χ0v) is 14.6. The fraction of sp³-hybridized carbons (Fsp3) is 0.438. The Kier molecular flexibility index (Phi) is 6.07. The molecule has 0 bridgehead atoms. The van der Waals surface area contributed by atoms with E-state index in [9.17, 15) is 4.79 Å². The van der Waals surface area contributed by atoms with Gasteiger partial charge in [0.05, 0.1) is 18.4 Å². The summed E-state index contributed by atoms with van der Waals surface area (Å²) in [4.78, 5) is 16.9. The molecule has 0 aliphatic carbocycles. The number of rotatable bonds is 5. The molecular formula is C16H19BrN4O2. The Morgan fingerprint density at radius 1 is 1.57 bits per heavy atom. The first-order chi connectivity index (χ1) is 11.1. The molecule has 122 valence electrons. The van der Waals surface area contributed by atoms with Crippen molar-refractivity contribution in [3.63, 3.8) is 0 Å². The molecule has 1 aliphatic heterocycles. The number of halogens is 1. The van der Waals surface area contributed by atoms with E-state index in [0.29, 0.717) is 21.6 Å². The van der Waals surface area contributed by atoms with E-state index in [1.807, 2.05) is 12.1 Å². The van der Waals surface area contributed by atoms with Gasteiger partial charge in [0.25, 0.3) is 0 Å². The molecule has 1 aliphatic rings. The van der Waals surface area contributed by atoms with Crippen LogP contribution in [-0.2, 0) is 4.74 Å². The fourth-order valence-corrected chi connectivity index (χ4v) is 3.34. The van der Waals surface area contributed by atoms with E-state index in [1.165, 1.54) is 7.11 Å². The third-order valence-corrected chi connectivity index (χ3v) is 4.73. The molecule has 0 aromatic heterocycles. The lowest BCUT2D eigenvalue weighted by Gasteiger charge is -2.34. The maximum atomic E-state index is 11.8. The Morgan fingerprint density at radius 2 is 2.26 bits per heavy atom. The minimum absolute atomic E-state index is 0.347. The Balaban J connectivity index is 2.31. The number of methoxy groups -OCH3 is 1. The van der Waals surface area contributed by atoms with E-state index in [0.717, 1.165) is 38.0 Å². The van der Waals surface area contributed by atoms with Crippen molar-refractivity contribution >= 4 is 33.3 Å². The number of carbonyl (C=O) groups excluding carboxylic acids is 1. The van der Waals surface area contributed by atoms with Crippen LogP contribution in [0.25, 0.3) is 10.4 Å². The van der Waals surface area contributed by atoms with Crippen molar-refractivity contribution < 1.29 is 9.53 Å². The van der Waals surface area contributed by atoms with Gasteiger partial charge in [-0.05, 0) is 58.8 Å². The largest absolute Gasteiger partial charge is 0.465 e. The topological polar surface area (TPSA) is 78.3 Å². The van der Waals surface area contributed by atoms with Gasteiger partial charge in [0, 0.05) is 28.2 Å². The predicted molar refractivity (Wildman–Crippen MR) is 94.0 cm³/mol. The monoisotopic (exact) mass is 378 g/mol. The quantitative estimate of drug-likeness (QED) is 0.238. The van der Waals surface area contributed by atoms with Gasteiger partial charge in [-0.15, -0.1) is 6.58 Å². The van der Waals surface area contributed by atoms with Crippen LogP contribution in [0, 0.1) is 5.92 Å². The number of esters is 1. The number of allylic oxidation sites excluding steroid dienone is 1. The average molecular weight is 379 g/mol. The Bertz CT molecular complexity index is 648. The minimum atomic E-state index is -0.470. The van der Waals surface area contributed by atoms with Gasteiger partial charge >= 0.3 is 5.97 Å². The first-order valence-electron chi connectivity index (χ1n) is 7.43. The zero-order chi connectivity index (χ0) is 16.8. The van der Waals surface area contributed by atoms with E-state index in [1.54, 1.807) is 6.07 Å². The maximum absolute atomic E-state index is 11.8. The predicted octanol–water partition coefficient (Wildman–Crippen LogP) is 4.97. The molecular weight excluding hydrogens is 360 g/mol. The number of carbonyl (C=O) groups is 1. The summed E-state index contributed by atoms with van der Waals surface area (Å²) in [5.41, 5.74) is 10.4. The van der Waals surface area contributed by atoms with Gasteiger partial charge in [-0.1, -0.05) is 11.2 Å². The number of ether oxygens (including phenoxy) is 1. The van der Waals surface area contributed by atoms with Crippen LogP contribution >= 0.6 is 15.9 Å². The van der Waals surface area contributed by atoms with Gasteiger partial charge in [-0.25, -0.2) is 4.79 Å². The molecule has 0 N–H and O–H groups in total. The van der Waals surface area contributed by atoms with E-state index in [2.05, 4.69) is 37.4 Å². The third kappa shape index (κ3) is 4.06. The second-order valence-electron chi connectivity index (χ2n) is 5.46. The molecule has 0 spiro atoms. The number of piperidine rings is 1. The smallest absolute Gasteiger partial charge is 0.339 e. The van der Waals surface area contributed by atoms with E-state index in [4.69, 9.17) is 10.3 Å². The van der Waals surface area contributed by atoms with Gasteiger partial charge in [0.15, 0.2) is 0 Å². The molecule has 1 aromatic carbocycles. The van der Waals surface area contributed by atoms with Crippen molar-refractivity contribution in [3.05, 3.63) is 45.3 Å². The molecule has 1 saturated heterocycles. The Hall–Kier alpha value is -1.98. The first-order valence-corrected chi connectivity index (χ1v) is 8.22. The molecule has 0 radical (unpaired) electrons. The summed E-state index contributed by atoms with van der Waals surface area (Å²) >= 11 is 3.40. The van der Waals surface area contributed by atoms with Crippen molar-refractivity contribution in [1.29, 1.82) is 0 Å². The zero-order valence-electron chi connectivity index (χ0n) is 13.0. The van der Waals surface area contributed by atoms with Gasteiger partial charge in [-0.2, -0.15) is 0 Å². The normalized spacial score (nSPS) is 15.0. The number of hydrogen-bond acceptors (Lipinski definition) is 4. The molecule has 0 unspecified atom stereocenters. The standard InChI is InChI=1S/C16H19BrN4O2/c1-3-4-11-5-7-21(8-6-11)15-10-13(17)12(16(22)23-2)9-14(15)19-20-18/h3,9-11H,1,4-8H2,2H3. The second-order valence-corrected chi connectivity index (χ2v) is 6.31. The summed E-state index contributed by atoms with van der Waals surface area (Å²) in [5.74, 6) is 0.187. The van der Waals surface area contributed by atoms with Gasteiger partial charge in [0.2, 0.25) is 0 Å². The number of hydrogen-bond donors (Lipinski definition) is 0. The van der Waals surface area contributed by atoms with Gasteiger partial charge in [-0.3, -0.25) is 0 Å². The van der Waals surface area contributed by atoms with Crippen molar-refractivity contribution in [2.75, 3.05) is 25.1 Å². The molecule has 0 amide bonds. The lowest BCUT2D eigenvalue weighted by molar-refractivity contribution is 0.0599. The summed E-state index contributed by atoms with van der Waals surface area (Å²) in [5, 5.41) is 3.75. The molecule has 0 atom stereocenters. The van der Waals surface area contributed by atoms with Crippen LogP contribution in [0.5, 0.6) is 0 Å². The van der Waals surface area contributed by atoms with Crippen molar-refractivity contribution in [3.8, 4) is 0 Å². The lowest BCUT2D eigenvalue weighted by Crippen LogP contribution is -2.33. The van der Waals surface area contributed by atoms with Crippen molar-refractivity contribution in [2.24, 2.45) is 11.0 Å². The maximum Gasteiger partial charge on any atom is 0.339 e. The van der Waals surface area contributed by atoms with Crippen molar-refractivity contribution in [1.82, 2.24) is 0 Å². The molecule has 0 saturated carbocycles. The summed E-state index contributed by atoms with van der Waals surface area (Å²) in [6, 6.07) is 3.39. The van der Waals surface area contributed by atoms with Crippen LogP contribution in [0.4, 0.5) is 11.4 Å². The van der Waals surface area contributed by atoms with Crippen molar-refractivity contribution in [2.45, 2.75) is 19.3 Å². The third-order valence-electron chi connectivity index (χ3n) is 4.08. The Morgan fingerprint density at radius 3 is 2.83 bits per heavy atom. The highest BCUT2D eigenvalue weighted by Crippen LogP contribution is 2.37. The van der Waals surface area contributed by atoms with Gasteiger partial charge in [0.1, 0.15) is 0 Å². The van der Waals surface area contributed by atoms with E-state index >= 15 is 0 Å². The number of anilines is 1. The summed E-state index contributed by atoms with van der Waals surface area (Å²) in [6.07, 6.45) is 5.13. The summed E-state index contributed by atoms with van der Waals surface area (Å²) in [7, 11) is 1.32. The van der Waals surface area contributed by atoms with Crippen LogP contribution < -0.4 is 4.90 Å². The number of benzene rings is 1.